The Bertz CT molecular complexity index is 1230. The normalized spacial score (nSPS) is 11.1. The van der Waals surface area contributed by atoms with E-state index in [1.807, 2.05) is 19.0 Å². The fourth-order valence-electron chi connectivity index (χ4n) is 3.73. The molecule has 3 rings (SSSR count). The minimum atomic E-state index is -4.46. The van der Waals surface area contributed by atoms with E-state index in [9.17, 15) is 27.2 Å². The van der Waals surface area contributed by atoms with Gasteiger partial charge in [0.05, 0.1) is 5.56 Å². The molecule has 0 bridgehead atoms. The molecule has 0 aliphatic carbocycles. The van der Waals surface area contributed by atoms with E-state index in [1.54, 1.807) is 42.2 Å². The second-order valence-electron chi connectivity index (χ2n) is 8.62. The lowest BCUT2D eigenvalue weighted by molar-refractivity contribution is -0.137. The molecule has 3 amide bonds. The molecule has 0 radical (unpaired) electrons. The van der Waals surface area contributed by atoms with Crippen LogP contribution in [-0.2, 0) is 24.1 Å². The van der Waals surface area contributed by atoms with Gasteiger partial charge >= 0.3 is 12.2 Å². The van der Waals surface area contributed by atoms with Crippen molar-refractivity contribution in [2.45, 2.75) is 32.6 Å². The summed E-state index contributed by atoms with van der Waals surface area (Å²) in [7, 11) is 3.71. The van der Waals surface area contributed by atoms with Gasteiger partial charge in [0.15, 0.2) is 0 Å². The molecule has 0 heterocycles. The lowest BCUT2D eigenvalue weighted by atomic mass is 10.1. The van der Waals surface area contributed by atoms with Crippen molar-refractivity contribution in [1.29, 1.82) is 0 Å². The Morgan fingerprint density at radius 3 is 2.00 bits per heavy atom. The molecule has 6 nitrogen and oxygen atoms in total. The summed E-state index contributed by atoms with van der Waals surface area (Å²) in [6.45, 7) is 2.29. The Hall–Kier alpha value is -4.08. The molecule has 37 heavy (non-hydrogen) atoms. The number of urea groups is 1. The van der Waals surface area contributed by atoms with Crippen molar-refractivity contribution < 1.29 is 27.2 Å². The zero-order chi connectivity index (χ0) is 27.2. The number of nitrogens with one attached hydrogen (secondary N) is 2. The summed E-state index contributed by atoms with van der Waals surface area (Å²) in [4.78, 5) is 28.7. The van der Waals surface area contributed by atoms with Crippen molar-refractivity contribution in [3.05, 3.63) is 89.2 Å². The zero-order valence-electron chi connectivity index (χ0n) is 20.7. The van der Waals surface area contributed by atoms with Crippen LogP contribution in [0.15, 0.2) is 66.7 Å². The van der Waals surface area contributed by atoms with Crippen LogP contribution in [0.3, 0.4) is 0 Å². The molecule has 0 unspecified atom stereocenters. The molecule has 196 valence electrons. The fourth-order valence-corrected chi connectivity index (χ4v) is 3.73. The third-order valence-electron chi connectivity index (χ3n) is 5.59. The number of alkyl halides is 3. The molecule has 0 fully saturated rings. The van der Waals surface area contributed by atoms with Gasteiger partial charge in [0, 0.05) is 50.7 Å². The van der Waals surface area contributed by atoms with Gasteiger partial charge in [-0.2, -0.15) is 13.2 Å². The number of amides is 3. The summed E-state index contributed by atoms with van der Waals surface area (Å²) in [5, 5.41) is 5.19. The maximum atomic E-state index is 13.3. The number of benzene rings is 3. The highest BCUT2D eigenvalue weighted by Gasteiger charge is 2.30. The molecule has 0 aliphatic rings. The van der Waals surface area contributed by atoms with Crippen LogP contribution in [0.5, 0.6) is 0 Å². The largest absolute Gasteiger partial charge is 0.416 e. The lowest BCUT2D eigenvalue weighted by Gasteiger charge is -2.26. The number of nitrogens with zero attached hydrogens (tertiary/aromatic N) is 2. The molecule has 0 saturated carbocycles. The number of carbonyl (C=O) groups excluding carboxylic acids is 2. The maximum absolute atomic E-state index is 13.3. The van der Waals surface area contributed by atoms with E-state index in [-0.39, 0.29) is 36.9 Å². The summed E-state index contributed by atoms with van der Waals surface area (Å²) in [5.74, 6) is -0.451. The first-order valence-corrected chi connectivity index (χ1v) is 11.5. The fraction of sp³-hybridized carbons (Fsp3) is 0.259. The van der Waals surface area contributed by atoms with Crippen LogP contribution < -0.4 is 15.5 Å². The molecule has 0 atom stereocenters. The second-order valence-corrected chi connectivity index (χ2v) is 8.62. The standard InChI is InChI=1S/C27H28F4N4O2/c1-4-25(36)35(16-18-5-9-21(28)10-6-18)17-19-15-23(13-14-24(19)34(2)3)33-26(37)32-22-11-7-20(8-12-22)27(29,30)31/h5-15H,4,16-17H2,1-3H3,(H2,32,33,37). The van der Waals surface area contributed by atoms with E-state index < -0.39 is 17.8 Å². The number of carbonyl (C=O) groups is 2. The second kappa shape index (κ2) is 11.8. The van der Waals surface area contributed by atoms with Gasteiger partial charge in [0.1, 0.15) is 5.82 Å². The van der Waals surface area contributed by atoms with Crippen LogP contribution in [0.4, 0.5) is 39.4 Å². The first kappa shape index (κ1) is 27.5. The zero-order valence-corrected chi connectivity index (χ0v) is 20.7. The number of hydrogen-bond acceptors (Lipinski definition) is 3. The number of anilines is 3. The van der Waals surface area contributed by atoms with Gasteiger partial charge in [-0.25, -0.2) is 9.18 Å². The molecule has 3 aromatic rings. The Kier molecular flexibility index (Phi) is 8.75. The highest BCUT2D eigenvalue weighted by atomic mass is 19.4. The summed E-state index contributed by atoms with van der Waals surface area (Å²) in [6, 6.07) is 14.7. The van der Waals surface area contributed by atoms with E-state index >= 15 is 0 Å². The Labute approximate surface area is 212 Å². The Balaban J connectivity index is 1.78. The minimum Gasteiger partial charge on any atom is -0.377 e. The van der Waals surface area contributed by atoms with Gasteiger partial charge in [-0.1, -0.05) is 19.1 Å². The van der Waals surface area contributed by atoms with Gasteiger partial charge in [-0.3, -0.25) is 4.79 Å². The van der Waals surface area contributed by atoms with Crippen LogP contribution in [0.2, 0.25) is 0 Å². The monoisotopic (exact) mass is 516 g/mol. The quantitative estimate of drug-likeness (QED) is 0.336. The maximum Gasteiger partial charge on any atom is 0.416 e. The molecule has 10 heteroatoms. The number of rotatable bonds is 8. The predicted molar refractivity (Wildman–Crippen MR) is 136 cm³/mol. The third-order valence-corrected chi connectivity index (χ3v) is 5.59. The highest BCUT2D eigenvalue weighted by molar-refractivity contribution is 6.00. The number of hydrogen-bond donors (Lipinski definition) is 2. The van der Waals surface area contributed by atoms with E-state index in [0.717, 1.165) is 28.9 Å². The highest BCUT2D eigenvalue weighted by Crippen LogP contribution is 2.30. The molecule has 3 aromatic carbocycles. The van der Waals surface area contributed by atoms with Crippen LogP contribution in [-0.4, -0.2) is 30.9 Å². The van der Waals surface area contributed by atoms with E-state index in [0.29, 0.717) is 5.69 Å². The molecule has 0 aliphatic heterocycles. The van der Waals surface area contributed by atoms with E-state index in [1.165, 1.54) is 24.3 Å². The van der Waals surface area contributed by atoms with Crippen LogP contribution in [0.1, 0.15) is 30.0 Å². The summed E-state index contributed by atoms with van der Waals surface area (Å²) in [6.07, 6.45) is -4.18. The average molecular weight is 517 g/mol. The number of halogens is 4. The van der Waals surface area contributed by atoms with Crippen molar-refractivity contribution in [3.8, 4) is 0 Å². The lowest BCUT2D eigenvalue weighted by Crippen LogP contribution is -2.30. The van der Waals surface area contributed by atoms with Crippen LogP contribution >= 0.6 is 0 Å². The van der Waals surface area contributed by atoms with E-state index in [4.69, 9.17) is 0 Å². The van der Waals surface area contributed by atoms with Gasteiger partial charge in [0.25, 0.3) is 0 Å². The van der Waals surface area contributed by atoms with Crippen molar-refractivity contribution >= 4 is 29.0 Å². The third kappa shape index (κ3) is 7.70. The first-order chi connectivity index (χ1) is 17.5. The SMILES string of the molecule is CCC(=O)N(Cc1ccc(F)cc1)Cc1cc(NC(=O)Nc2ccc(C(F)(F)F)cc2)ccc1N(C)C. The summed E-state index contributed by atoms with van der Waals surface area (Å²) in [5.41, 5.74) is 2.21. The van der Waals surface area contributed by atoms with Crippen LogP contribution in [0, 0.1) is 5.82 Å². The van der Waals surface area contributed by atoms with E-state index in [2.05, 4.69) is 10.6 Å². The summed E-state index contributed by atoms with van der Waals surface area (Å²) >= 11 is 0. The van der Waals surface area contributed by atoms with Gasteiger partial charge in [-0.15, -0.1) is 0 Å². The Morgan fingerprint density at radius 2 is 1.43 bits per heavy atom. The average Bonchev–Trinajstić information content (AvgIpc) is 2.84. The minimum absolute atomic E-state index is 0.0903. The van der Waals surface area contributed by atoms with Crippen molar-refractivity contribution in [2.75, 3.05) is 29.6 Å². The van der Waals surface area contributed by atoms with Crippen molar-refractivity contribution in [2.24, 2.45) is 0 Å². The smallest absolute Gasteiger partial charge is 0.377 e. The molecule has 0 spiro atoms. The van der Waals surface area contributed by atoms with Crippen LogP contribution in [0.25, 0.3) is 0 Å². The molecule has 0 aromatic heterocycles. The molecule has 0 saturated heterocycles. The van der Waals surface area contributed by atoms with Gasteiger partial charge in [-0.05, 0) is 65.7 Å². The first-order valence-electron chi connectivity index (χ1n) is 11.5. The Morgan fingerprint density at radius 1 is 0.838 bits per heavy atom. The topological polar surface area (TPSA) is 64.7 Å². The van der Waals surface area contributed by atoms with Gasteiger partial charge in [0.2, 0.25) is 5.91 Å². The summed E-state index contributed by atoms with van der Waals surface area (Å²) < 4.78 is 51.6. The molecular weight excluding hydrogens is 488 g/mol. The molecule has 2 N–H and O–H groups in total. The van der Waals surface area contributed by atoms with Crippen molar-refractivity contribution in [3.63, 3.8) is 0 Å². The van der Waals surface area contributed by atoms with Gasteiger partial charge < -0.3 is 20.4 Å². The van der Waals surface area contributed by atoms with Crippen molar-refractivity contribution in [1.82, 2.24) is 4.90 Å². The molecular formula is C27H28F4N4O2. The predicted octanol–water partition coefficient (Wildman–Crippen LogP) is 6.49.